The molecule has 3 aromatic heterocycles. The van der Waals surface area contributed by atoms with Crippen molar-refractivity contribution in [3.63, 3.8) is 0 Å². The van der Waals surface area contributed by atoms with Crippen LogP contribution in [0, 0.1) is 18.3 Å². The van der Waals surface area contributed by atoms with E-state index in [0.29, 0.717) is 28.7 Å². The van der Waals surface area contributed by atoms with E-state index in [1.165, 1.54) is 46.8 Å². The maximum absolute atomic E-state index is 9.08. The van der Waals surface area contributed by atoms with E-state index < -0.39 is 0 Å². The highest BCUT2D eigenvalue weighted by molar-refractivity contribution is 7.15. The number of aromatic nitrogens is 2. The maximum Gasteiger partial charge on any atom is 0.114 e. The van der Waals surface area contributed by atoms with E-state index in [1.54, 1.807) is 11.3 Å². The second kappa shape index (κ2) is 10.2. The predicted octanol–water partition coefficient (Wildman–Crippen LogP) is 7.21. The molecule has 1 aliphatic heterocycles. The van der Waals surface area contributed by atoms with Crippen LogP contribution in [0.5, 0.6) is 0 Å². The van der Waals surface area contributed by atoms with Gasteiger partial charge in [0.1, 0.15) is 11.4 Å². The molecule has 0 spiro atoms. The lowest BCUT2D eigenvalue weighted by Crippen LogP contribution is -2.21. The van der Waals surface area contributed by atoms with Gasteiger partial charge in [0.15, 0.2) is 0 Å². The lowest BCUT2D eigenvalue weighted by Gasteiger charge is -2.15. The largest absolute Gasteiger partial charge is 0.397 e. The van der Waals surface area contributed by atoms with Crippen molar-refractivity contribution in [1.29, 1.82) is 5.41 Å². The number of rotatable bonds is 6. The fourth-order valence-electron chi connectivity index (χ4n) is 5.41. The molecule has 1 fully saturated rings. The first-order valence-electron chi connectivity index (χ1n) is 13.3. The zero-order chi connectivity index (χ0) is 26.2. The highest BCUT2D eigenvalue weighted by Crippen LogP contribution is 2.34. The summed E-state index contributed by atoms with van der Waals surface area (Å²) < 4.78 is 0. The number of aromatic amines is 1. The molecule has 4 heterocycles. The van der Waals surface area contributed by atoms with Gasteiger partial charge in [0.05, 0.1) is 17.1 Å². The molecule has 1 saturated heterocycles. The summed E-state index contributed by atoms with van der Waals surface area (Å²) in [6, 6.07) is 16.5. The first-order valence-corrected chi connectivity index (χ1v) is 14.1. The Morgan fingerprint density at radius 2 is 2.00 bits per heavy atom. The third-order valence-electron chi connectivity index (χ3n) is 7.40. The zero-order valence-corrected chi connectivity index (χ0v) is 22.7. The van der Waals surface area contributed by atoms with Crippen LogP contribution in [0.2, 0.25) is 0 Å². The standard InChI is InChI=1S/C32H33N5S/c1-20-8-10-22(19-37-14-3-4-15-37)17-23(16-20)27-12-11-26(33)32(36-27)31(34)29-18-25-24(6-5-7-28(25)35-29)30-13-9-21(2)38-30/h5-13,16-18,20,34-35H,3-4,14-15,19,33H2,1-2H3/t20-/m0/s1. The number of allylic oxidation sites excluding steroid dienone is 4. The van der Waals surface area contributed by atoms with Crippen LogP contribution in [0.3, 0.4) is 0 Å². The van der Waals surface area contributed by atoms with Crippen molar-refractivity contribution >= 4 is 39.2 Å². The topological polar surface area (TPSA) is 81.8 Å². The molecular weight excluding hydrogens is 486 g/mol. The molecule has 4 aromatic rings. The molecule has 38 heavy (non-hydrogen) atoms. The van der Waals surface area contributed by atoms with Crippen LogP contribution in [-0.4, -0.2) is 40.2 Å². The van der Waals surface area contributed by atoms with Crippen LogP contribution in [0.1, 0.15) is 41.7 Å². The average molecular weight is 520 g/mol. The summed E-state index contributed by atoms with van der Waals surface area (Å²) in [5.74, 6) is 0.299. The van der Waals surface area contributed by atoms with Crippen molar-refractivity contribution in [3.8, 4) is 10.4 Å². The Kier molecular flexibility index (Phi) is 6.60. The number of nitrogen functional groups attached to an aromatic ring is 1. The third kappa shape index (κ3) is 4.89. The van der Waals surface area contributed by atoms with E-state index in [4.69, 9.17) is 16.1 Å². The lowest BCUT2D eigenvalue weighted by atomic mass is 10.0. The van der Waals surface area contributed by atoms with Gasteiger partial charge in [-0.1, -0.05) is 37.3 Å². The number of nitrogens with one attached hydrogen (secondary N) is 2. The molecular formula is C32H33N5S. The van der Waals surface area contributed by atoms with Crippen molar-refractivity contribution in [1.82, 2.24) is 14.9 Å². The molecule has 192 valence electrons. The van der Waals surface area contributed by atoms with Gasteiger partial charge in [-0.15, -0.1) is 11.3 Å². The molecule has 0 unspecified atom stereocenters. The minimum absolute atomic E-state index is 0.299. The zero-order valence-electron chi connectivity index (χ0n) is 21.9. The van der Waals surface area contributed by atoms with Gasteiger partial charge in [-0.05, 0) is 92.4 Å². The number of hydrogen-bond acceptors (Lipinski definition) is 5. The number of H-pyrrole nitrogens is 1. The quantitative estimate of drug-likeness (QED) is 0.235. The van der Waals surface area contributed by atoms with Gasteiger partial charge in [0.2, 0.25) is 0 Å². The summed E-state index contributed by atoms with van der Waals surface area (Å²) in [4.78, 5) is 13.4. The Morgan fingerprint density at radius 3 is 2.79 bits per heavy atom. The smallest absolute Gasteiger partial charge is 0.114 e. The number of pyridine rings is 1. The number of aryl methyl sites for hydroxylation is 1. The first kappa shape index (κ1) is 24.6. The van der Waals surface area contributed by atoms with Crippen LogP contribution < -0.4 is 5.73 Å². The van der Waals surface area contributed by atoms with E-state index in [0.717, 1.165) is 28.7 Å². The molecule has 6 rings (SSSR count). The van der Waals surface area contributed by atoms with E-state index in [2.05, 4.69) is 84.4 Å². The Balaban J connectivity index is 1.34. The fourth-order valence-corrected chi connectivity index (χ4v) is 6.32. The molecule has 4 N–H and O–H groups in total. The summed E-state index contributed by atoms with van der Waals surface area (Å²) >= 11 is 1.78. The Labute approximate surface area is 227 Å². The number of likely N-dealkylation sites (tertiary alicyclic amines) is 1. The van der Waals surface area contributed by atoms with Gasteiger partial charge >= 0.3 is 0 Å². The number of hydrogen-bond donors (Lipinski definition) is 3. The number of nitrogens with zero attached hydrogens (tertiary/aromatic N) is 2. The first-order chi connectivity index (χ1) is 18.4. The van der Waals surface area contributed by atoms with E-state index >= 15 is 0 Å². The molecule has 2 aliphatic rings. The Morgan fingerprint density at radius 1 is 1.16 bits per heavy atom. The SMILES string of the molecule is Cc1ccc(-c2cccc3[nH]c(C(=N)c4nc(C5=C[C@@H](C)C=CC(CN6CCCC6)=C5)ccc4N)cc23)s1. The van der Waals surface area contributed by atoms with E-state index in [1.807, 2.05) is 12.1 Å². The lowest BCUT2D eigenvalue weighted by molar-refractivity contribution is 0.371. The van der Waals surface area contributed by atoms with Gasteiger partial charge in [-0.3, -0.25) is 10.3 Å². The minimum Gasteiger partial charge on any atom is -0.397 e. The van der Waals surface area contributed by atoms with E-state index in [9.17, 15) is 0 Å². The molecule has 0 amide bonds. The molecule has 0 radical (unpaired) electrons. The van der Waals surface area contributed by atoms with Crippen LogP contribution >= 0.6 is 11.3 Å². The van der Waals surface area contributed by atoms with Crippen LogP contribution in [0.4, 0.5) is 5.69 Å². The number of benzene rings is 1. The maximum atomic E-state index is 9.08. The molecule has 6 heteroatoms. The van der Waals surface area contributed by atoms with Crippen LogP contribution in [0.15, 0.2) is 78.4 Å². The molecule has 1 atom stereocenters. The Hall–Kier alpha value is -3.74. The summed E-state index contributed by atoms with van der Waals surface area (Å²) in [5.41, 5.74) is 13.8. The number of thiophene rings is 1. The molecule has 0 saturated carbocycles. The number of nitrogens with two attached hydrogens (primary N) is 1. The molecule has 0 bridgehead atoms. The fraction of sp³-hybridized carbons (Fsp3) is 0.250. The minimum atomic E-state index is 0.299. The Bertz CT molecular complexity index is 1610. The van der Waals surface area contributed by atoms with Crippen molar-refractivity contribution < 1.29 is 0 Å². The second-order valence-electron chi connectivity index (χ2n) is 10.4. The van der Waals surface area contributed by atoms with Crippen molar-refractivity contribution in [2.45, 2.75) is 26.7 Å². The monoisotopic (exact) mass is 519 g/mol. The van der Waals surface area contributed by atoms with Gasteiger partial charge in [-0.2, -0.15) is 0 Å². The van der Waals surface area contributed by atoms with Gasteiger partial charge in [-0.25, -0.2) is 4.98 Å². The van der Waals surface area contributed by atoms with E-state index in [-0.39, 0.29) is 0 Å². The van der Waals surface area contributed by atoms with Gasteiger partial charge in [0, 0.05) is 32.8 Å². The van der Waals surface area contributed by atoms with Gasteiger partial charge in [0.25, 0.3) is 0 Å². The summed E-state index contributed by atoms with van der Waals surface area (Å²) in [6.45, 7) is 7.61. The molecule has 5 nitrogen and oxygen atoms in total. The predicted molar refractivity (Wildman–Crippen MR) is 161 cm³/mol. The summed E-state index contributed by atoms with van der Waals surface area (Å²) in [5, 5.41) is 10.2. The van der Waals surface area contributed by atoms with Crippen molar-refractivity contribution in [2.75, 3.05) is 25.4 Å². The number of anilines is 1. The van der Waals surface area contributed by atoms with Crippen LogP contribution in [0.25, 0.3) is 26.9 Å². The summed E-state index contributed by atoms with van der Waals surface area (Å²) in [6.07, 6.45) is 11.6. The average Bonchev–Trinajstić information content (AvgIpc) is 3.65. The molecule has 1 aromatic carbocycles. The highest BCUT2D eigenvalue weighted by atomic mass is 32.1. The van der Waals surface area contributed by atoms with Crippen molar-refractivity contribution in [2.24, 2.45) is 5.92 Å². The number of fused-ring (bicyclic) bond motifs is 1. The summed E-state index contributed by atoms with van der Waals surface area (Å²) in [7, 11) is 0. The normalized spacial score (nSPS) is 18.0. The third-order valence-corrected chi connectivity index (χ3v) is 8.43. The second-order valence-corrected chi connectivity index (χ2v) is 11.7. The van der Waals surface area contributed by atoms with Gasteiger partial charge < -0.3 is 10.7 Å². The van der Waals surface area contributed by atoms with Crippen molar-refractivity contribution in [3.05, 3.63) is 100 Å². The van der Waals surface area contributed by atoms with Crippen LogP contribution in [-0.2, 0) is 0 Å². The molecule has 1 aliphatic carbocycles. The highest BCUT2D eigenvalue weighted by Gasteiger charge is 2.18.